The summed E-state index contributed by atoms with van der Waals surface area (Å²) in [6.07, 6.45) is -4.13. The Hall–Kier alpha value is -1.89. The molecule has 0 amide bonds. The van der Waals surface area contributed by atoms with Gasteiger partial charge < -0.3 is 10.7 Å². The van der Waals surface area contributed by atoms with E-state index >= 15 is 0 Å². The average molecular weight is 271 g/mol. The van der Waals surface area contributed by atoms with Crippen molar-refractivity contribution in [3.8, 4) is 0 Å². The van der Waals surface area contributed by atoms with Crippen LogP contribution in [0.4, 0.5) is 13.2 Å². The summed E-state index contributed by atoms with van der Waals surface area (Å²) < 4.78 is 37.6. The van der Waals surface area contributed by atoms with E-state index < -0.39 is 17.3 Å². The Morgan fingerprint density at radius 1 is 1.42 bits per heavy atom. The first-order chi connectivity index (χ1) is 8.77. The predicted octanol–water partition coefficient (Wildman–Crippen LogP) is 1.83. The van der Waals surface area contributed by atoms with Crippen molar-refractivity contribution in [1.82, 2.24) is 9.97 Å². The van der Waals surface area contributed by atoms with Crippen LogP contribution in [0, 0.1) is 0 Å². The van der Waals surface area contributed by atoms with Crippen molar-refractivity contribution in [1.29, 1.82) is 0 Å². The lowest BCUT2D eigenvalue weighted by molar-refractivity contribution is -0.137. The van der Waals surface area contributed by atoms with Crippen LogP contribution >= 0.6 is 0 Å². The zero-order valence-corrected chi connectivity index (χ0v) is 10.1. The second-order valence-corrected chi connectivity index (χ2v) is 4.42. The van der Waals surface area contributed by atoms with Gasteiger partial charge in [0.15, 0.2) is 0 Å². The van der Waals surface area contributed by atoms with Crippen molar-refractivity contribution in [3.05, 3.63) is 39.9 Å². The van der Waals surface area contributed by atoms with Gasteiger partial charge in [0.05, 0.1) is 16.5 Å². The molecule has 0 spiro atoms. The largest absolute Gasteiger partial charge is 0.416 e. The van der Waals surface area contributed by atoms with Crippen molar-refractivity contribution in [3.63, 3.8) is 0 Å². The van der Waals surface area contributed by atoms with Gasteiger partial charge in [0.1, 0.15) is 5.82 Å². The Bertz CT molecular complexity index is 661. The van der Waals surface area contributed by atoms with E-state index in [0.717, 1.165) is 12.1 Å². The summed E-state index contributed by atoms with van der Waals surface area (Å²) in [4.78, 5) is 18.3. The number of hydrogen-bond donors (Lipinski definition) is 2. The second kappa shape index (κ2) is 4.65. The van der Waals surface area contributed by atoms with E-state index in [1.807, 2.05) is 0 Å². The van der Waals surface area contributed by atoms with Crippen molar-refractivity contribution in [2.75, 3.05) is 0 Å². The normalized spacial score (nSPS) is 13.7. The van der Waals surface area contributed by atoms with Crippen LogP contribution in [-0.2, 0) is 12.6 Å². The SMILES string of the molecule is CC(N)Cc1nc2ccc(C(F)(F)F)cc2c(=O)[nH]1. The van der Waals surface area contributed by atoms with Crippen LogP contribution < -0.4 is 11.3 Å². The number of nitrogens with zero attached hydrogens (tertiary/aromatic N) is 1. The van der Waals surface area contributed by atoms with E-state index in [2.05, 4.69) is 9.97 Å². The summed E-state index contributed by atoms with van der Waals surface area (Å²) in [5.74, 6) is 0.368. The topological polar surface area (TPSA) is 71.8 Å². The summed E-state index contributed by atoms with van der Waals surface area (Å²) in [6, 6.07) is 2.70. The molecule has 0 bridgehead atoms. The Morgan fingerprint density at radius 2 is 2.11 bits per heavy atom. The monoisotopic (exact) mass is 271 g/mol. The molecule has 1 aromatic carbocycles. The third-order valence-electron chi connectivity index (χ3n) is 2.60. The standard InChI is InChI=1S/C12H12F3N3O/c1-6(16)4-10-17-9-3-2-7(12(13,14)15)5-8(9)11(19)18-10/h2-3,5-6H,4,16H2,1H3,(H,17,18,19). The Kier molecular flexibility index (Phi) is 3.32. The number of hydrogen-bond acceptors (Lipinski definition) is 3. The van der Waals surface area contributed by atoms with Crippen molar-refractivity contribution in [2.24, 2.45) is 5.73 Å². The highest BCUT2D eigenvalue weighted by atomic mass is 19.4. The highest BCUT2D eigenvalue weighted by Gasteiger charge is 2.30. The lowest BCUT2D eigenvalue weighted by Crippen LogP contribution is -2.22. The molecular formula is C12H12F3N3O. The molecule has 7 heteroatoms. The molecule has 19 heavy (non-hydrogen) atoms. The summed E-state index contributed by atoms with van der Waals surface area (Å²) in [7, 11) is 0. The Balaban J connectivity index is 2.57. The highest BCUT2D eigenvalue weighted by Crippen LogP contribution is 2.30. The third kappa shape index (κ3) is 2.93. The Morgan fingerprint density at radius 3 is 2.68 bits per heavy atom. The van der Waals surface area contributed by atoms with Gasteiger partial charge >= 0.3 is 6.18 Å². The van der Waals surface area contributed by atoms with Crippen LogP contribution in [0.25, 0.3) is 10.9 Å². The first kappa shape index (κ1) is 13.5. The van der Waals surface area contributed by atoms with Crippen LogP contribution in [0.3, 0.4) is 0 Å². The molecule has 0 radical (unpaired) electrons. The van der Waals surface area contributed by atoms with Gasteiger partial charge in [0, 0.05) is 12.5 Å². The number of rotatable bonds is 2. The molecule has 102 valence electrons. The van der Waals surface area contributed by atoms with Crippen LogP contribution in [0.1, 0.15) is 18.3 Å². The highest BCUT2D eigenvalue weighted by molar-refractivity contribution is 5.78. The molecule has 1 unspecified atom stereocenters. The number of nitrogens with one attached hydrogen (secondary N) is 1. The fourth-order valence-corrected chi connectivity index (χ4v) is 1.77. The number of H-pyrrole nitrogens is 1. The lowest BCUT2D eigenvalue weighted by atomic mass is 10.1. The van der Waals surface area contributed by atoms with E-state index in [0.29, 0.717) is 12.2 Å². The van der Waals surface area contributed by atoms with Gasteiger partial charge in [-0.15, -0.1) is 0 Å². The van der Waals surface area contributed by atoms with E-state index in [4.69, 9.17) is 5.73 Å². The summed E-state index contributed by atoms with van der Waals surface area (Å²) in [5, 5.41) is -0.0803. The first-order valence-corrected chi connectivity index (χ1v) is 5.63. The smallest absolute Gasteiger partial charge is 0.328 e. The minimum Gasteiger partial charge on any atom is -0.328 e. The van der Waals surface area contributed by atoms with Crippen molar-refractivity contribution >= 4 is 10.9 Å². The number of benzene rings is 1. The number of aromatic amines is 1. The van der Waals surface area contributed by atoms with Crippen molar-refractivity contribution < 1.29 is 13.2 Å². The molecule has 0 aliphatic heterocycles. The minimum atomic E-state index is -4.48. The van der Waals surface area contributed by atoms with Crippen LogP contribution in [0.15, 0.2) is 23.0 Å². The molecule has 4 nitrogen and oxygen atoms in total. The Labute approximate surface area is 106 Å². The van der Waals surface area contributed by atoms with Gasteiger partial charge in [-0.05, 0) is 25.1 Å². The number of halogens is 3. The maximum atomic E-state index is 12.5. The van der Waals surface area contributed by atoms with E-state index in [1.165, 1.54) is 6.07 Å². The molecule has 2 aromatic rings. The second-order valence-electron chi connectivity index (χ2n) is 4.42. The van der Waals surface area contributed by atoms with Gasteiger partial charge in [-0.3, -0.25) is 4.79 Å². The van der Waals surface area contributed by atoms with Gasteiger partial charge in [-0.2, -0.15) is 13.2 Å². The van der Waals surface area contributed by atoms with Gasteiger partial charge in [-0.1, -0.05) is 0 Å². The number of fused-ring (bicyclic) bond motifs is 1. The van der Waals surface area contributed by atoms with Crippen molar-refractivity contribution in [2.45, 2.75) is 25.6 Å². The van der Waals surface area contributed by atoms with E-state index in [-0.39, 0.29) is 16.9 Å². The van der Waals surface area contributed by atoms with Crippen LogP contribution in [0.5, 0.6) is 0 Å². The summed E-state index contributed by atoms with van der Waals surface area (Å²) >= 11 is 0. The van der Waals surface area contributed by atoms with Gasteiger partial charge in [-0.25, -0.2) is 4.98 Å². The van der Waals surface area contributed by atoms with Gasteiger partial charge in [0.25, 0.3) is 5.56 Å². The molecule has 0 fully saturated rings. The fraction of sp³-hybridized carbons (Fsp3) is 0.333. The quantitative estimate of drug-likeness (QED) is 0.875. The van der Waals surface area contributed by atoms with Crippen LogP contribution in [-0.4, -0.2) is 16.0 Å². The number of nitrogens with two attached hydrogens (primary N) is 1. The molecule has 1 atom stereocenters. The lowest BCUT2D eigenvalue weighted by Gasteiger charge is -2.08. The number of aromatic nitrogens is 2. The zero-order chi connectivity index (χ0) is 14.2. The van der Waals surface area contributed by atoms with Gasteiger partial charge in [0.2, 0.25) is 0 Å². The predicted molar refractivity (Wildman–Crippen MR) is 64.7 cm³/mol. The molecule has 0 saturated heterocycles. The average Bonchev–Trinajstić information content (AvgIpc) is 2.26. The maximum Gasteiger partial charge on any atom is 0.416 e. The van der Waals surface area contributed by atoms with E-state index in [9.17, 15) is 18.0 Å². The minimum absolute atomic E-state index is 0.0803. The molecule has 0 aliphatic rings. The number of alkyl halides is 3. The molecule has 2 rings (SSSR count). The third-order valence-corrected chi connectivity index (χ3v) is 2.60. The van der Waals surface area contributed by atoms with Crippen LogP contribution in [0.2, 0.25) is 0 Å². The molecule has 0 saturated carbocycles. The van der Waals surface area contributed by atoms with E-state index in [1.54, 1.807) is 6.92 Å². The molecular weight excluding hydrogens is 259 g/mol. The summed E-state index contributed by atoms with van der Waals surface area (Å²) in [5.41, 5.74) is 4.36. The molecule has 1 heterocycles. The molecule has 1 aromatic heterocycles. The summed E-state index contributed by atoms with van der Waals surface area (Å²) in [6.45, 7) is 1.75. The maximum absolute atomic E-state index is 12.5. The first-order valence-electron chi connectivity index (χ1n) is 5.63. The fourth-order valence-electron chi connectivity index (χ4n) is 1.77. The molecule has 3 N–H and O–H groups in total. The molecule has 0 aliphatic carbocycles. The zero-order valence-electron chi connectivity index (χ0n) is 10.1.